The van der Waals surface area contributed by atoms with E-state index in [1.807, 2.05) is 6.07 Å². The molecule has 3 nitrogen and oxygen atoms in total. The number of hydrogen-bond acceptors (Lipinski definition) is 3. The molecule has 2 fully saturated rings. The van der Waals surface area contributed by atoms with Crippen molar-refractivity contribution in [1.29, 1.82) is 0 Å². The van der Waals surface area contributed by atoms with Gasteiger partial charge in [0.1, 0.15) is 0 Å². The van der Waals surface area contributed by atoms with E-state index in [4.69, 9.17) is 0 Å². The minimum Gasteiger partial charge on any atom is -0.385 e. The van der Waals surface area contributed by atoms with Gasteiger partial charge in [-0.3, -0.25) is 0 Å². The van der Waals surface area contributed by atoms with Gasteiger partial charge in [-0.05, 0) is 26.0 Å². The molecular formula is C14H20N2O. The quantitative estimate of drug-likeness (QED) is 0.835. The fourth-order valence-electron chi connectivity index (χ4n) is 2.58. The molecule has 1 aromatic carbocycles. The molecule has 3 heteroatoms. The van der Waals surface area contributed by atoms with Crippen LogP contribution in [-0.4, -0.2) is 43.2 Å². The summed E-state index contributed by atoms with van der Waals surface area (Å²) in [6.45, 7) is 4.33. The summed E-state index contributed by atoms with van der Waals surface area (Å²) in [7, 11) is 2.16. The molecule has 1 aromatic rings. The first kappa shape index (κ1) is 11.1. The molecule has 0 bridgehead atoms. The lowest BCUT2D eigenvalue weighted by atomic mass is 10.0. The van der Waals surface area contributed by atoms with Gasteiger partial charge in [0.2, 0.25) is 0 Å². The highest BCUT2D eigenvalue weighted by molar-refractivity contribution is 5.57. The molecule has 0 radical (unpaired) electrons. The topological polar surface area (TPSA) is 26.7 Å². The van der Waals surface area contributed by atoms with Gasteiger partial charge >= 0.3 is 0 Å². The average Bonchev–Trinajstić information content (AvgIpc) is 3.10. The number of benzene rings is 1. The first-order chi connectivity index (χ1) is 8.19. The van der Waals surface area contributed by atoms with E-state index < -0.39 is 5.60 Å². The number of para-hydroxylation sites is 1. The fourth-order valence-corrected chi connectivity index (χ4v) is 2.58. The van der Waals surface area contributed by atoms with E-state index in [0.29, 0.717) is 0 Å². The number of nitrogens with zero attached hydrogens (tertiary/aromatic N) is 2. The lowest BCUT2D eigenvalue weighted by Gasteiger charge is -2.35. The summed E-state index contributed by atoms with van der Waals surface area (Å²) in [5, 5.41) is 10.3. The van der Waals surface area contributed by atoms with Gasteiger partial charge in [0.05, 0.1) is 5.60 Å². The number of anilines is 1. The Balaban J connectivity index is 1.87. The van der Waals surface area contributed by atoms with Crippen LogP contribution in [0.2, 0.25) is 0 Å². The highest BCUT2D eigenvalue weighted by Gasteiger charge is 2.44. The van der Waals surface area contributed by atoms with Crippen molar-refractivity contribution in [3.63, 3.8) is 0 Å². The van der Waals surface area contributed by atoms with Gasteiger partial charge in [0.15, 0.2) is 0 Å². The van der Waals surface area contributed by atoms with Crippen LogP contribution in [0.15, 0.2) is 24.3 Å². The predicted octanol–water partition coefficient (Wildman–Crippen LogP) is 1.42. The molecule has 3 rings (SSSR count). The normalized spacial score (nSPS) is 23.8. The SMILES string of the molecule is CN1CCN(c2ccccc2C2(O)CC2)CC1. The molecule has 1 saturated heterocycles. The maximum Gasteiger partial charge on any atom is 0.0918 e. The van der Waals surface area contributed by atoms with Gasteiger partial charge in [0.25, 0.3) is 0 Å². The maximum atomic E-state index is 10.3. The van der Waals surface area contributed by atoms with Crippen molar-refractivity contribution in [3.8, 4) is 0 Å². The Hall–Kier alpha value is -1.06. The largest absolute Gasteiger partial charge is 0.385 e. The Labute approximate surface area is 103 Å². The Kier molecular flexibility index (Phi) is 2.60. The third kappa shape index (κ3) is 2.05. The molecule has 2 aliphatic rings. The zero-order valence-electron chi connectivity index (χ0n) is 10.4. The summed E-state index contributed by atoms with van der Waals surface area (Å²) >= 11 is 0. The number of aliphatic hydroxyl groups is 1. The van der Waals surface area contributed by atoms with Crippen molar-refractivity contribution in [2.24, 2.45) is 0 Å². The van der Waals surface area contributed by atoms with E-state index >= 15 is 0 Å². The lowest BCUT2D eigenvalue weighted by molar-refractivity contribution is 0.151. The Bertz CT molecular complexity index is 406. The predicted molar refractivity (Wildman–Crippen MR) is 69.3 cm³/mol. The summed E-state index contributed by atoms with van der Waals surface area (Å²) in [6.07, 6.45) is 1.83. The Morgan fingerprint density at radius 2 is 1.71 bits per heavy atom. The molecule has 1 saturated carbocycles. The van der Waals surface area contributed by atoms with E-state index in [2.05, 4.69) is 35.0 Å². The van der Waals surface area contributed by atoms with Crippen LogP contribution >= 0.6 is 0 Å². The van der Waals surface area contributed by atoms with Crippen molar-refractivity contribution >= 4 is 5.69 Å². The highest BCUT2D eigenvalue weighted by Crippen LogP contribution is 2.48. The summed E-state index contributed by atoms with van der Waals surface area (Å²) in [4.78, 5) is 4.76. The molecule has 1 aliphatic heterocycles. The molecular weight excluding hydrogens is 212 g/mol. The van der Waals surface area contributed by atoms with Crippen molar-refractivity contribution in [3.05, 3.63) is 29.8 Å². The van der Waals surface area contributed by atoms with E-state index in [1.54, 1.807) is 0 Å². The molecule has 17 heavy (non-hydrogen) atoms. The second kappa shape index (κ2) is 4.00. The standard InChI is InChI=1S/C14H20N2O/c1-15-8-10-16(11-9-15)13-5-3-2-4-12(13)14(17)6-7-14/h2-5,17H,6-11H2,1H3. The number of piperazine rings is 1. The second-order valence-electron chi connectivity index (χ2n) is 5.34. The van der Waals surface area contributed by atoms with Crippen molar-refractivity contribution in [2.45, 2.75) is 18.4 Å². The van der Waals surface area contributed by atoms with Crippen molar-refractivity contribution in [2.75, 3.05) is 38.1 Å². The van der Waals surface area contributed by atoms with Gasteiger partial charge in [0, 0.05) is 37.4 Å². The Morgan fingerprint density at radius 3 is 2.35 bits per heavy atom. The van der Waals surface area contributed by atoms with Gasteiger partial charge in [-0.25, -0.2) is 0 Å². The smallest absolute Gasteiger partial charge is 0.0918 e. The van der Waals surface area contributed by atoms with Gasteiger partial charge < -0.3 is 14.9 Å². The maximum absolute atomic E-state index is 10.3. The first-order valence-corrected chi connectivity index (χ1v) is 6.44. The van der Waals surface area contributed by atoms with Gasteiger partial charge in [-0.15, -0.1) is 0 Å². The molecule has 0 aromatic heterocycles. The molecule has 1 N–H and O–H groups in total. The lowest BCUT2D eigenvalue weighted by Crippen LogP contribution is -2.45. The Morgan fingerprint density at radius 1 is 1.06 bits per heavy atom. The molecule has 0 unspecified atom stereocenters. The molecule has 0 spiro atoms. The van der Waals surface area contributed by atoms with Crippen molar-refractivity contribution in [1.82, 2.24) is 4.90 Å². The molecule has 0 atom stereocenters. The third-order valence-electron chi connectivity index (χ3n) is 3.97. The molecule has 1 heterocycles. The number of hydrogen-bond donors (Lipinski definition) is 1. The molecule has 1 aliphatic carbocycles. The van der Waals surface area contributed by atoms with Crippen LogP contribution in [0, 0.1) is 0 Å². The minimum atomic E-state index is -0.528. The average molecular weight is 232 g/mol. The van der Waals surface area contributed by atoms with Gasteiger partial charge in [-0.1, -0.05) is 18.2 Å². The second-order valence-corrected chi connectivity index (χ2v) is 5.34. The van der Waals surface area contributed by atoms with E-state index in [-0.39, 0.29) is 0 Å². The monoisotopic (exact) mass is 232 g/mol. The van der Waals surface area contributed by atoms with E-state index in [1.165, 1.54) is 5.69 Å². The zero-order chi connectivity index (χ0) is 11.9. The number of rotatable bonds is 2. The molecule has 92 valence electrons. The minimum absolute atomic E-state index is 0.528. The summed E-state index contributed by atoms with van der Waals surface area (Å²) < 4.78 is 0. The van der Waals surface area contributed by atoms with Crippen LogP contribution in [0.3, 0.4) is 0 Å². The van der Waals surface area contributed by atoms with Crippen LogP contribution in [0.1, 0.15) is 18.4 Å². The van der Waals surface area contributed by atoms with Crippen molar-refractivity contribution < 1.29 is 5.11 Å². The van der Waals surface area contributed by atoms with Crippen LogP contribution in [-0.2, 0) is 5.60 Å². The van der Waals surface area contributed by atoms with E-state index in [0.717, 1.165) is 44.6 Å². The van der Waals surface area contributed by atoms with E-state index in [9.17, 15) is 5.11 Å². The first-order valence-electron chi connectivity index (χ1n) is 6.44. The number of likely N-dealkylation sites (N-methyl/N-ethyl adjacent to an activating group) is 1. The summed E-state index contributed by atoms with van der Waals surface area (Å²) in [6, 6.07) is 8.34. The summed E-state index contributed by atoms with van der Waals surface area (Å²) in [5.74, 6) is 0. The fraction of sp³-hybridized carbons (Fsp3) is 0.571. The highest BCUT2D eigenvalue weighted by atomic mass is 16.3. The van der Waals surface area contributed by atoms with Crippen LogP contribution < -0.4 is 4.90 Å². The summed E-state index contributed by atoms with van der Waals surface area (Å²) in [5.41, 5.74) is 1.84. The van der Waals surface area contributed by atoms with Gasteiger partial charge in [-0.2, -0.15) is 0 Å². The third-order valence-corrected chi connectivity index (χ3v) is 3.97. The molecule has 0 amide bonds. The van der Waals surface area contributed by atoms with Crippen LogP contribution in [0.4, 0.5) is 5.69 Å². The van der Waals surface area contributed by atoms with Crippen LogP contribution in [0.5, 0.6) is 0 Å². The zero-order valence-corrected chi connectivity index (χ0v) is 10.4. The van der Waals surface area contributed by atoms with Crippen LogP contribution in [0.25, 0.3) is 0 Å².